The molecule has 1 atom stereocenters. The number of ether oxygens (including phenoxy) is 2. The summed E-state index contributed by atoms with van der Waals surface area (Å²) < 4.78 is 51.8. The predicted molar refractivity (Wildman–Crippen MR) is 134 cm³/mol. The van der Waals surface area contributed by atoms with Crippen LogP contribution in [0.25, 0.3) is 0 Å². The van der Waals surface area contributed by atoms with Gasteiger partial charge < -0.3 is 19.3 Å². The summed E-state index contributed by atoms with van der Waals surface area (Å²) >= 11 is 0. The number of methoxy groups -OCH3 is 1. The molecule has 2 aliphatic heterocycles. The van der Waals surface area contributed by atoms with Crippen molar-refractivity contribution in [2.75, 3.05) is 26.7 Å². The number of carbonyl (C=O) groups excluding carboxylic acids is 1. The highest BCUT2D eigenvalue weighted by atomic mass is 19.4. The van der Waals surface area contributed by atoms with E-state index in [1.807, 2.05) is 17.9 Å². The van der Waals surface area contributed by atoms with Crippen molar-refractivity contribution in [1.29, 1.82) is 5.26 Å². The normalized spacial score (nSPS) is 16.8. The van der Waals surface area contributed by atoms with E-state index in [-0.39, 0.29) is 23.4 Å². The zero-order valence-electron chi connectivity index (χ0n) is 20.6. The topological polar surface area (TPSA) is 78.2 Å². The minimum atomic E-state index is -4.53. The molecule has 38 heavy (non-hydrogen) atoms. The third-order valence-electron chi connectivity index (χ3n) is 6.59. The lowest BCUT2D eigenvalue weighted by Crippen LogP contribution is -2.55. The summed E-state index contributed by atoms with van der Waals surface area (Å²) in [7, 11) is 1.52. The quantitative estimate of drug-likeness (QED) is 0.439. The molecule has 3 aromatic carbocycles. The Morgan fingerprint density at radius 3 is 2.61 bits per heavy atom. The summed E-state index contributed by atoms with van der Waals surface area (Å²) in [6, 6.07) is 16.7. The SMILES string of the molecule is COc1ccc2c(c1)C(N1CCN(C(=O)c3cccc(C#N)c3)C(C)C1)=Nc1cc(C(F)(F)F)ccc1O2. The maximum absolute atomic E-state index is 13.5. The van der Waals surface area contributed by atoms with Crippen molar-refractivity contribution < 1.29 is 27.4 Å². The van der Waals surface area contributed by atoms with Gasteiger partial charge in [-0.05, 0) is 61.5 Å². The van der Waals surface area contributed by atoms with Gasteiger partial charge in [0.2, 0.25) is 0 Å². The van der Waals surface area contributed by atoms with Crippen LogP contribution in [0.5, 0.6) is 17.2 Å². The molecule has 0 aliphatic carbocycles. The summed E-state index contributed by atoms with van der Waals surface area (Å²) in [6.45, 7) is 3.02. The fourth-order valence-corrected chi connectivity index (χ4v) is 4.64. The van der Waals surface area contributed by atoms with Gasteiger partial charge in [0.15, 0.2) is 5.75 Å². The van der Waals surface area contributed by atoms with Crippen LogP contribution in [0.1, 0.15) is 34.0 Å². The van der Waals surface area contributed by atoms with E-state index in [1.165, 1.54) is 13.2 Å². The molecule has 2 heterocycles. The fourth-order valence-electron chi connectivity index (χ4n) is 4.64. The lowest BCUT2D eigenvalue weighted by Gasteiger charge is -2.41. The molecule has 3 aromatic rings. The number of hydrogen-bond donors (Lipinski definition) is 0. The first-order valence-electron chi connectivity index (χ1n) is 11.9. The van der Waals surface area contributed by atoms with Gasteiger partial charge in [-0.25, -0.2) is 4.99 Å². The Balaban J connectivity index is 1.50. The molecule has 2 aliphatic rings. The van der Waals surface area contributed by atoms with Crippen LogP contribution >= 0.6 is 0 Å². The monoisotopic (exact) mass is 520 g/mol. The molecule has 0 N–H and O–H groups in total. The molecule has 0 spiro atoms. The number of benzene rings is 3. The molecular formula is C28H23F3N4O3. The van der Waals surface area contributed by atoms with Crippen molar-refractivity contribution >= 4 is 17.4 Å². The molecule has 1 unspecified atom stereocenters. The van der Waals surface area contributed by atoms with Gasteiger partial charge >= 0.3 is 6.18 Å². The number of aliphatic imine (C=N–C) groups is 1. The number of piperazine rings is 1. The number of nitrogens with zero attached hydrogens (tertiary/aromatic N) is 4. The van der Waals surface area contributed by atoms with Crippen molar-refractivity contribution in [2.24, 2.45) is 4.99 Å². The minimum absolute atomic E-state index is 0.0597. The van der Waals surface area contributed by atoms with Gasteiger partial charge in [0.25, 0.3) is 5.91 Å². The Hall–Kier alpha value is -4.52. The van der Waals surface area contributed by atoms with E-state index in [0.717, 1.165) is 12.1 Å². The first-order valence-corrected chi connectivity index (χ1v) is 11.9. The largest absolute Gasteiger partial charge is 0.497 e. The highest BCUT2D eigenvalue weighted by Gasteiger charge is 2.34. The van der Waals surface area contributed by atoms with Gasteiger partial charge in [-0.15, -0.1) is 0 Å². The number of rotatable bonds is 2. The van der Waals surface area contributed by atoms with Crippen LogP contribution in [0.15, 0.2) is 65.7 Å². The lowest BCUT2D eigenvalue weighted by molar-refractivity contribution is -0.137. The van der Waals surface area contributed by atoms with Crippen LogP contribution in [0, 0.1) is 11.3 Å². The molecule has 0 saturated carbocycles. The molecule has 1 fully saturated rings. The molecule has 1 saturated heterocycles. The Morgan fingerprint density at radius 1 is 1.11 bits per heavy atom. The van der Waals surface area contributed by atoms with Crippen molar-refractivity contribution in [2.45, 2.75) is 19.1 Å². The van der Waals surface area contributed by atoms with E-state index >= 15 is 0 Å². The number of nitriles is 1. The lowest BCUT2D eigenvalue weighted by atomic mass is 10.1. The minimum Gasteiger partial charge on any atom is -0.497 e. The average Bonchev–Trinajstić information content (AvgIpc) is 3.08. The van der Waals surface area contributed by atoms with Crippen LogP contribution in [0.3, 0.4) is 0 Å². The number of halogens is 3. The van der Waals surface area contributed by atoms with Crippen molar-refractivity contribution in [3.8, 4) is 23.3 Å². The average molecular weight is 521 g/mol. The molecular weight excluding hydrogens is 497 g/mol. The van der Waals surface area contributed by atoms with E-state index in [4.69, 9.17) is 9.47 Å². The summed E-state index contributed by atoms with van der Waals surface area (Å²) in [5.74, 6) is 1.42. The second-order valence-corrected chi connectivity index (χ2v) is 9.07. The number of carbonyl (C=O) groups is 1. The molecule has 194 valence electrons. The molecule has 7 nitrogen and oxygen atoms in total. The number of hydrogen-bond acceptors (Lipinski definition) is 6. The van der Waals surface area contributed by atoms with Crippen LogP contribution in [0.2, 0.25) is 0 Å². The van der Waals surface area contributed by atoms with Crippen LogP contribution in [0.4, 0.5) is 18.9 Å². The van der Waals surface area contributed by atoms with E-state index in [9.17, 15) is 23.2 Å². The Morgan fingerprint density at radius 2 is 1.89 bits per heavy atom. The Labute approximate surface area is 217 Å². The zero-order chi connectivity index (χ0) is 27.0. The van der Waals surface area contributed by atoms with E-state index in [0.29, 0.717) is 53.7 Å². The van der Waals surface area contributed by atoms with Gasteiger partial charge in [-0.2, -0.15) is 18.4 Å². The highest BCUT2D eigenvalue weighted by Crippen LogP contribution is 2.42. The smallest absolute Gasteiger partial charge is 0.416 e. The summed E-state index contributed by atoms with van der Waals surface area (Å²) in [4.78, 5) is 21.5. The van der Waals surface area contributed by atoms with Crippen LogP contribution in [-0.2, 0) is 6.18 Å². The highest BCUT2D eigenvalue weighted by molar-refractivity contribution is 6.04. The van der Waals surface area contributed by atoms with Gasteiger partial charge in [-0.3, -0.25) is 4.79 Å². The summed E-state index contributed by atoms with van der Waals surface area (Å²) in [6.07, 6.45) is -4.53. The maximum atomic E-state index is 13.5. The van der Waals surface area contributed by atoms with E-state index in [2.05, 4.69) is 4.99 Å². The van der Waals surface area contributed by atoms with E-state index in [1.54, 1.807) is 47.4 Å². The molecule has 1 amide bonds. The second-order valence-electron chi connectivity index (χ2n) is 9.07. The van der Waals surface area contributed by atoms with Crippen LogP contribution in [-0.4, -0.2) is 54.3 Å². The predicted octanol–water partition coefficient (Wildman–Crippen LogP) is 5.62. The standard InChI is InChI=1S/C28H23F3N4O3/c1-17-16-34(10-11-35(17)27(36)19-5-3-4-18(12-19)15-32)26-22-14-21(37-2)7-9-24(22)38-25-8-6-20(28(29,30)31)13-23(25)33-26/h3-9,12-14,17H,10-11,16H2,1-2H3. The van der Waals surface area contributed by atoms with Crippen LogP contribution < -0.4 is 9.47 Å². The van der Waals surface area contributed by atoms with E-state index < -0.39 is 11.7 Å². The fraction of sp³-hybridized carbons (Fsp3) is 0.250. The molecule has 10 heteroatoms. The number of alkyl halides is 3. The maximum Gasteiger partial charge on any atom is 0.416 e. The number of amidine groups is 1. The third kappa shape index (κ3) is 4.75. The molecule has 0 radical (unpaired) electrons. The molecule has 0 aromatic heterocycles. The van der Waals surface area contributed by atoms with Crippen molar-refractivity contribution in [3.63, 3.8) is 0 Å². The second kappa shape index (κ2) is 9.74. The zero-order valence-corrected chi connectivity index (χ0v) is 20.6. The van der Waals surface area contributed by atoms with Crippen molar-refractivity contribution in [3.05, 3.63) is 82.9 Å². The van der Waals surface area contributed by atoms with Crippen molar-refractivity contribution in [1.82, 2.24) is 9.80 Å². The van der Waals surface area contributed by atoms with Gasteiger partial charge in [0, 0.05) is 31.2 Å². The first-order chi connectivity index (χ1) is 18.2. The number of fused-ring (bicyclic) bond motifs is 2. The molecule has 5 rings (SSSR count). The summed E-state index contributed by atoms with van der Waals surface area (Å²) in [5.41, 5.74) is 0.632. The van der Waals surface area contributed by atoms with Gasteiger partial charge in [-0.1, -0.05) is 6.07 Å². The number of amides is 1. The Kier molecular flexibility index (Phi) is 6.45. The Bertz CT molecular complexity index is 1480. The summed E-state index contributed by atoms with van der Waals surface area (Å²) in [5, 5.41) is 9.18. The van der Waals surface area contributed by atoms with Gasteiger partial charge in [0.1, 0.15) is 23.0 Å². The molecule has 0 bridgehead atoms. The van der Waals surface area contributed by atoms with Gasteiger partial charge in [0.05, 0.1) is 29.9 Å². The first kappa shape index (κ1) is 25.1. The third-order valence-corrected chi connectivity index (χ3v) is 6.59.